The van der Waals surface area contributed by atoms with Gasteiger partial charge in [-0.15, -0.1) is 0 Å². The monoisotopic (exact) mass is 213 g/mol. The van der Waals surface area contributed by atoms with Gasteiger partial charge in [0.1, 0.15) is 5.75 Å². The summed E-state index contributed by atoms with van der Waals surface area (Å²) in [7, 11) is 0. The van der Waals surface area contributed by atoms with Crippen LogP contribution in [0.2, 0.25) is 0 Å². The molecule has 0 aliphatic rings. The van der Waals surface area contributed by atoms with Crippen molar-refractivity contribution in [1.29, 1.82) is 0 Å². The van der Waals surface area contributed by atoms with E-state index in [1.165, 1.54) is 5.56 Å². The van der Waals surface area contributed by atoms with E-state index in [9.17, 15) is 5.11 Å². The van der Waals surface area contributed by atoms with Crippen LogP contribution in [0.1, 0.15) is 11.1 Å². The topological polar surface area (TPSA) is 32.3 Å². The van der Waals surface area contributed by atoms with Crippen molar-refractivity contribution in [3.8, 4) is 5.75 Å². The van der Waals surface area contributed by atoms with Gasteiger partial charge in [0.2, 0.25) is 0 Å². The Morgan fingerprint density at radius 3 is 2.44 bits per heavy atom. The highest BCUT2D eigenvalue weighted by Crippen LogP contribution is 2.27. The molecule has 0 saturated carbocycles. The summed E-state index contributed by atoms with van der Waals surface area (Å²) in [6.45, 7) is 4.04. The average molecular weight is 213 g/mol. The second-order valence-electron chi connectivity index (χ2n) is 4.02. The van der Waals surface area contributed by atoms with E-state index in [2.05, 4.69) is 5.32 Å². The zero-order chi connectivity index (χ0) is 11.5. The van der Waals surface area contributed by atoms with E-state index in [-0.39, 0.29) is 5.75 Å². The third kappa shape index (κ3) is 2.34. The van der Waals surface area contributed by atoms with Gasteiger partial charge in [-0.05, 0) is 49.2 Å². The van der Waals surface area contributed by atoms with Crippen LogP contribution < -0.4 is 5.32 Å². The Balaban J connectivity index is 2.30. The van der Waals surface area contributed by atoms with Crippen LogP contribution in [0.4, 0.5) is 11.4 Å². The summed E-state index contributed by atoms with van der Waals surface area (Å²) in [4.78, 5) is 0. The maximum absolute atomic E-state index is 9.70. The molecule has 0 atom stereocenters. The number of benzene rings is 2. The predicted octanol–water partition coefficient (Wildman–Crippen LogP) is 3.75. The lowest BCUT2D eigenvalue weighted by Gasteiger charge is -2.09. The number of rotatable bonds is 2. The smallest absolute Gasteiger partial charge is 0.139 e. The average Bonchev–Trinajstić information content (AvgIpc) is 2.24. The second kappa shape index (κ2) is 4.27. The Kier molecular flexibility index (Phi) is 2.82. The first-order valence-electron chi connectivity index (χ1n) is 5.28. The summed E-state index contributed by atoms with van der Waals surface area (Å²) >= 11 is 0. The van der Waals surface area contributed by atoms with Gasteiger partial charge in [-0.2, -0.15) is 0 Å². The summed E-state index contributed by atoms with van der Waals surface area (Å²) in [6, 6.07) is 13.6. The van der Waals surface area contributed by atoms with E-state index in [0.717, 1.165) is 16.9 Å². The summed E-state index contributed by atoms with van der Waals surface area (Å²) in [6.07, 6.45) is 0. The van der Waals surface area contributed by atoms with Crippen molar-refractivity contribution in [2.45, 2.75) is 13.8 Å². The standard InChI is InChI=1S/C14H15NO/c1-10-4-3-5-12(8-10)15-13-9-11(2)6-7-14(13)16/h3-9,15-16H,1-2H3. The molecule has 2 N–H and O–H groups in total. The molecule has 0 bridgehead atoms. The molecule has 0 amide bonds. The highest BCUT2D eigenvalue weighted by Gasteiger charge is 2.01. The van der Waals surface area contributed by atoms with Crippen molar-refractivity contribution >= 4 is 11.4 Å². The maximum atomic E-state index is 9.70. The van der Waals surface area contributed by atoms with Gasteiger partial charge in [0, 0.05) is 5.69 Å². The summed E-state index contributed by atoms with van der Waals surface area (Å²) < 4.78 is 0. The van der Waals surface area contributed by atoms with E-state index in [1.54, 1.807) is 6.07 Å². The van der Waals surface area contributed by atoms with Gasteiger partial charge in [-0.3, -0.25) is 0 Å². The van der Waals surface area contributed by atoms with Crippen LogP contribution in [0.25, 0.3) is 0 Å². The van der Waals surface area contributed by atoms with E-state index in [0.29, 0.717) is 0 Å². The van der Waals surface area contributed by atoms with Gasteiger partial charge in [-0.1, -0.05) is 18.2 Å². The van der Waals surface area contributed by atoms with Crippen molar-refractivity contribution < 1.29 is 5.11 Å². The van der Waals surface area contributed by atoms with Gasteiger partial charge in [0.15, 0.2) is 0 Å². The predicted molar refractivity (Wildman–Crippen MR) is 67.3 cm³/mol. The van der Waals surface area contributed by atoms with Crippen LogP contribution in [-0.4, -0.2) is 5.11 Å². The number of phenolic OH excluding ortho intramolecular Hbond substituents is 1. The number of hydrogen-bond acceptors (Lipinski definition) is 2. The van der Waals surface area contributed by atoms with Crippen molar-refractivity contribution in [2.75, 3.05) is 5.32 Å². The summed E-state index contributed by atoms with van der Waals surface area (Å²) in [5.74, 6) is 0.270. The molecule has 16 heavy (non-hydrogen) atoms. The van der Waals surface area contributed by atoms with Crippen LogP contribution in [0.5, 0.6) is 5.75 Å². The number of anilines is 2. The summed E-state index contributed by atoms with van der Waals surface area (Å²) in [5.41, 5.74) is 4.04. The molecule has 0 heterocycles. The SMILES string of the molecule is Cc1cccc(Nc2cc(C)ccc2O)c1. The van der Waals surface area contributed by atoms with E-state index >= 15 is 0 Å². The highest BCUT2D eigenvalue weighted by molar-refractivity contribution is 5.66. The molecule has 2 aromatic carbocycles. The van der Waals surface area contributed by atoms with E-state index < -0.39 is 0 Å². The normalized spacial score (nSPS) is 10.1. The quantitative estimate of drug-likeness (QED) is 0.744. The molecule has 0 aromatic heterocycles. The van der Waals surface area contributed by atoms with E-state index in [4.69, 9.17) is 0 Å². The molecule has 0 aliphatic heterocycles. The maximum Gasteiger partial charge on any atom is 0.139 e. The fraction of sp³-hybridized carbons (Fsp3) is 0.143. The minimum absolute atomic E-state index is 0.270. The number of aromatic hydroxyl groups is 1. The van der Waals surface area contributed by atoms with Gasteiger partial charge in [0.25, 0.3) is 0 Å². The van der Waals surface area contributed by atoms with Gasteiger partial charge in [-0.25, -0.2) is 0 Å². The van der Waals surface area contributed by atoms with Crippen molar-refractivity contribution in [3.05, 3.63) is 53.6 Å². The van der Waals surface area contributed by atoms with Gasteiger partial charge in [0.05, 0.1) is 5.69 Å². The zero-order valence-corrected chi connectivity index (χ0v) is 9.49. The molecule has 0 saturated heterocycles. The second-order valence-corrected chi connectivity index (χ2v) is 4.02. The van der Waals surface area contributed by atoms with Gasteiger partial charge < -0.3 is 10.4 Å². The number of hydrogen-bond donors (Lipinski definition) is 2. The van der Waals surface area contributed by atoms with Crippen LogP contribution >= 0.6 is 0 Å². The fourth-order valence-electron chi connectivity index (χ4n) is 1.63. The molecule has 0 radical (unpaired) electrons. The van der Waals surface area contributed by atoms with Gasteiger partial charge >= 0.3 is 0 Å². The number of phenols is 1. The molecule has 2 rings (SSSR count). The van der Waals surface area contributed by atoms with Crippen LogP contribution in [0.15, 0.2) is 42.5 Å². The Labute approximate surface area is 95.6 Å². The molecule has 0 fully saturated rings. The Morgan fingerprint density at radius 1 is 0.938 bits per heavy atom. The Hall–Kier alpha value is -1.96. The molecule has 0 aliphatic carbocycles. The molecule has 2 nitrogen and oxygen atoms in total. The van der Waals surface area contributed by atoms with Crippen LogP contribution in [-0.2, 0) is 0 Å². The first-order valence-corrected chi connectivity index (χ1v) is 5.28. The zero-order valence-electron chi connectivity index (χ0n) is 9.49. The first kappa shape index (κ1) is 10.6. The molecular formula is C14H15NO. The van der Waals surface area contributed by atoms with E-state index in [1.807, 2.05) is 50.2 Å². The Bertz CT molecular complexity index is 506. The highest BCUT2D eigenvalue weighted by atomic mass is 16.3. The molecule has 2 heteroatoms. The number of nitrogens with one attached hydrogen (secondary N) is 1. The lowest BCUT2D eigenvalue weighted by atomic mass is 10.2. The Morgan fingerprint density at radius 2 is 1.69 bits per heavy atom. The third-order valence-corrected chi connectivity index (χ3v) is 2.45. The third-order valence-electron chi connectivity index (χ3n) is 2.45. The van der Waals surface area contributed by atoms with Crippen LogP contribution in [0, 0.1) is 13.8 Å². The van der Waals surface area contributed by atoms with Crippen molar-refractivity contribution in [1.82, 2.24) is 0 Å². The minimum Gasteiger partial charge on any atom is -0.506 e. The van der Waals surface area contributed by atoms with Crippen LogP contribution in [0.3, 0.4) is 0 Å². The lowest BCUT2D eigenvalue weighted by molar-refractivity contribution is 0.477. The lowest BCUT2D eigenvalue weighted by Crippen LogP contribution is -1.91. The molecule has 2 aromatic rings. The summed E-state index contributed by atoms with van der Waals surface area (Å²) in [5, 5.41) is 12.9. The molecule has 0 unspecified atom stereocenters. The molecule has 0 spiro atoms. The fourth-order valence-corrected chi connectivity index (χ4v) is 1.63. The molecular weight excluding hydrogens is 198 g/mol. The largest absolute Gasteiger partial charge is 0.506 e. The first-order chi connectivity index (χ1) is 7.65. The minimum atomic E-state index is 0.270. The molecule has 82 valence electrons. The number of aryl methyl sites for hydroxylation is 2. The van der Waals surface area contributed by atoms with Crippen molar-refractivity contribution in [3.63, 3.8) is 0 Å². The van der Waals surface area contributed by atoms with Crippen molar-refractivity contribution in [2.24, 2.45) is 0 Å².